The Morgan fingerprint density at radius 2 is 2.25 bits per heavy atom. The number of halogens is 1. The van der Waals surface area contributed by atoms with Gasteiger partial charge in [0.1, 0.15) is 5.82 Å². The summed E-state index contributed by atoms with van der Waals surface area (Å²) in [7, 11) is 1.72. The van der Waals surface area contributed by atoms with Gasteiger partial charge in [-0.25, -0.2) is 4.39 Å². The van der Waals surface area contributed by atoms with Gasteiger partial charge >= 0.3 is 0 Å². The zero-order valence-corrected chi connectivity index (χ0v) is 11.5. The summed E-state index contributed by atoms with van der Waals surface area (Å²) in [5.74, 6) is -0.505. The van der Waals surface area contributed by atoms with Gasteiger partial charge in [-0.1, -0.05) is 5.16 Å². The maximum Gasteiger partial charge on any atom is 0.170 e. The van der Waals surface area contributed by atoms with Crippen LogP contribution < -0.4 is 11.1 Å². The van der Waals surface area contributed by atoms with Gasteiger partial charge in [0.2, 0.25) is 0 Å². The first-order valence-corrected chi connectivity index (χ1v) is 6.62. The van der Waals surface area contributed by atoms with Gasteiger partial charge in [-0.3, -0.25) is 0 Å². The van der Waals surface area contributed by atoms with Crippen LogP contribution in [0.15, 0.2) is 23.4 Å². The number of methoxy groups -OCH3 is 1. The zero-order valence-electron chi connectivity index (χ0n) is 11.5. The fourth-order valence-corrected chi connectivity index (χ4v) is 2.42. The molecule has 1 aliphatic carbocycles. The topological polar surface area (TPSA) is 79.9 Å². The second kappa shape index (κ2) is 6.19. The van der Waals surface area contributed by atoms with Gasteiger partial charge < -0.3 is 21.0 Å². The number of rotatable bonds is 6. The Hall–Kier alpha value is -1.66. The van der Waals surface area contributed by atoms with Crippen molar-refractivity contribution in [1.82, 2.24) is 5.32 Å². The van der Waals surface area contributed by atoms with Crippen LogP contribution in [0.3, 0.4) is 0 Å². The lowest BCUT2D eigenvalue weighted by Crippen LogP contribution is -2.47. The highest BCUT2D eigenvalue weighted by molar-refractivity contribution is 5.97. The Balaban J connectivity index is 1.97. The number of benzene rings is 1. The molecular weight excluding hydrogens is 261 g/mol. The minimum absolute atomic E-state index is 0.0677. The minimum Gasteiger partial charge on any atom is -0.409 e. The molecular formula is C14H20FN3O2. The van der Waals surface area contributed by atoms with E-state index < -0.39 is 5.82 Å². The summed E-state index contributed by atoms with van der Waals surface area (Å²) in [5, 5.41) is 14.8. The molecule has 4 N–H and O–H groups in total. The molecule has 1 aromatic carbocycles. The Morgan fingerprint density at radius 1 is 1.50 bits per heavy atom. The summed E-state index contributed by atoms with van der Waals surface area (Å²) >= 11 is 0. The van der Waals surface area contributed by atoms with Crippen molar-refractivity contribution < 1.29 is 14.3 Å². The van der Waals surface area contributed by atoms with Gasteiger partial charge in [0.05, 0.1) is 5.60 Å². The molecule has 0 aromatic heterocycles. The Morgan fingerprint density at radius 3 is 2.80 bits per heavy atom. The van der Waals surface area contributed by atoms with Crippen LogP contribution in [-0.2, 0) is 11.3 Å². The average molecular weight is 281 g/mol. The van der Waals surface area contributed by atoms with E-state index in [1.54, 1.807) is 13.2 Å². The van der Waals surface area contributed by atoms with Crippen LogP contribution in [0.2, 0.25) is 0 Å². The van der Waals surface area contributed by atoms with E-state index >= 15 is 0 Å². The smallest absolute Gasteiger partial charge is 0.170 e. The predicted molar refractivity (Wildman–Crippen MR) is 74.2 cm³/mol. The monoisotopic (exact) mass is 281 g/mol. The number of nitrogens with one attached hydrogen (secondary N) is 1. The molecule has 0 amide bonds. The molecule has 1 aliphatic rings. The van der Waals surface area contributed by atoms with E-state index in [1.807, 2.05) is 0 Å². The molecule has 0 heterocycles. The van der Waals surface area contributed by atoms with Crippen molar-refractivity contribution in [1.29, 1.82) is 0 Å². The van der Waals surface area contributed by atoms with E-state index in [4.69, 9.17) is 15.7 Å². The molecule has 0 aliphatic heterocycles. The first-order chi connectivity index (χ1) is 9.58. The fourth-order valence-electron chi connectivity index (χ4n) is 2.42. The zero-order chi connectivity index (χ0) is 14.6. The molecule has 110 valence electrons. The standard InChI is InChI=1S/C14H20FN3O2/c1-20-14(3-2-4-14)9-17-8-10-5-11(13(16)18-19)7-12(15)6-10/h5-7,17,19H,2-4,8-9H2,1H3,(H2,16,18). The molecule has 0 radical (unpaired) electrons. The van der Waals surface area contributed by atoms with Crippen LogP contribution in [0.4, 0.5) is 4.39 Å². The van der Waals surface area contributed by atoms with E-state index in [0.717, 1.165) is 24.9 Å². The number of oxime groups is 1. The molecule has 1 fully saturated rings. The molecule has 6 heteroatoms. The van der Waals surface area contributed by atoms with Crippen molar-refractivity contribution >= 4 is 5.84 Å². The van der Waals surface area contributed by atoms with E-state index in [0.29, 0.717) is 12.1 Å². The number of hydrogen-bond donors (Lipinski definition) is 3. The number of nitrogens with two attached hydrogens (primary N) is 1. The molecule has 0 atom stereocenters. The van der Waals surface area contributed by atoms with Crippen molar-refractivity contribution in [2.24, 2.45) is 10.9 Å². The van der Waals surface area contributed by atoms with Crippen molar-refractivity contribution in [3.8, 4) is 0 Å². The van der Waals surface area contributed by atoms with Crippen LogP contribution in [-0.4, -0.2) is 30.3 Å². The lowest BCUT2D eigenvalue weighted by atomic mass is 9.80. The van der Waals surface area contributed by atoms with Crippen LogP contribution >= 0.6 is 0 Å². The third kappa shape index (κ3) is 3.26. The van der Waals surface area contributed by atoms with Gasteiger partial charge in [0.25, 0.3) is 0 Å². The SMILES string of the molecule is COC1(CNCc2cc(F)cc(/C(N)=N/O)c2)CCC1. The van der Waals surface area contributed by atoms with Crippen molar-refractivity contribution in [3.05, 3.63) is 35.1 Å². The highest BCUT2D eigenvalue weighted by Crippen LogP contribution is 2.34. The third-order valence-corrected chi connectivity index (χ3v) is 3.84. The van der Waals surface area contributed by atoms with Gasteiger partial charge in [-0.05, 0) is 43.0 Å². The summed E-state index contributed by atoms with van der Waals surface area (Å²) in [5.41, 5.74) is 6.52. The second-order valence-corrected chi connectivity index (χ2v) is 5.18. The highest BCUT2D eigenvalue weighted by atomic mass is 19.1. The summed E-state index contributed by atoms with van der Waals surface area (Å²) in [4.78, 5) is 0. The second-order valence-electron chi connectivity index (χ2n) is 5.18. The van der Waals surface area contributed by atoms with Crippen molar-refractivity contribution in [2.45, 2.75) is 31.4 Å². The molecule has 1 aromatic rings. The number of amidine groups is 1. The van der Waals surface area contributed by atoms with Gasteiger partial charge in [0.15, 0.2) is 5.84 Å². The van der Waals surface area contributed by atoms with Gasteiger partial charge in [0, 0.05) is 25.8 Å². The van der Waals surface area contributed by atoms with Crippen LogP contribution in [0.1, 0.15) is 30.4 Å². The summed E-state index contributed by atoms with van der Waals surface area (Å²) in [6.45, 7) is 1.24. The minimum atomic E-state index is -0.406. The normalized spacial score (nSPS) is 17.8. The van der Waals surface area contributed by atoms with E-state index in [2.05, 4.69) is 10.5 Å². The number of ether oxygens (including phenoxy) is 1. The van der Waals surface area contributed by atoms with Crippen LogP contribution in [0.5, 0.6) is 0 Å². The fraction of sp³-hybridized carbons (Fsp3) is 0.500. The highest BCUT2D eigenvalue weighted by Gasteiger charge is 2.36. The van der Waals surface area contributed by atoms with E-state index in [-0.39, 0.29) is 11.4 Å². The summed E-state index contributed by atoms with van der Waals surface area (Å²) in [6, 6.07) is 4.37. The maximum atomic E-state index is 13.5. The lowest BCUT2D eigenvalue weighted by Gasteiger charge is -2.40. The Kier molecular flexibility index (Phi) is 4.57. The number of hydrogen-bond acceptors (Lipinski definition) is 4. The first-order valence-electron chi connectivity index (χ1n) is 6.62. The quantitative estimate of drug-likeness (QED) is 0.320. The Bertz CT molecular complexity index is 496. The summed E-state index contributed by atoms with van der Waals surface area (Å²) < 4.78 is 19.0. The van der Waals surface area contributed by atoms with E-state index in [9.17, 15) is 4.39 Å². The largest absolute Gasteiger partial charge is 0.409 e. The third-order valence-electron chi connectivity index (χ3n) is 3.84. The molecule has 1 saturated carbocycles. The molecule has 5 nitrogen and oxygen atoms in total. The molecule has 0 spiro atoms. The van der Waals surface area contributed by atoms with Crippen molar-refractivity contribution in [2.75, 3.05) is 13.7 Å². The van der Waals surface area contributed by atoms with Crippen molar-refractivity contribution in [3.63, 3.8) is 0 Å². The van der Waals surface area contributed by atoms with Crippen LogP contribution in [0, 0.1) is 5.82 Å². The van der Waals surface area contributed by atoms with Crippen LogP contribution in [0.25, 0.3) is 0 Å². The molecule has 20 heavy (non-hydrogen) atoms. The molecule has 0 unspecified atom stereocenters. The predicted octanol–water partition coefficient (Wildman–Crippen LogP) is 1.58. The molecule has 2 rings (SSSR count). The average Bonchev–Trinajstić information content (AvgIpc) is 2.40. The lowest BCUT2D eigenvalue weighted by molar-refractivity contribution is -0.0695. The van der Waals surface area contributed by atoms with E-state index in [1.165, 1.54) is 18.6 Å². The maximum absolute atomic E-state index is 13.5. The summed E-state index contributed by atoms with van der Waals surface area (Å²) in [6.07, 6.45) is 3.28. The van der Waals surface area contributed by atoms with Gasteiger partial charge in [-0.2, -0.15) is 0 Å². The van der Waals surface area contributed by atoms with Gasteiger partial charge in [-0.15, -0.1) is 0 Å². The Labute approximate surface area is 117 Å². The molecule has 0 bridgehead atoms. The molecule has 0 saturated heterocycles. The first kappa shape index (κ1) is 14.7. The number of nitrogens with zero attached hydrogens (tertiary/aromatic N) is 1.